The molecule has 1 amide bonds. The van der Waals surface area contributed by atoms with E-state index in [0.717, 1.165) is 37.7 Å². The number of halogens is 1. The highest BCUT2D eigenvalue weighted by Gasteiger charge is 2.23. The van der Waals surface area contributed by atoms with E-state index in [4.69, 9.17) is 21.1 Å². The number of methoxy groups -OCH3 is 1. The lowest BCUT2D eigenvalue weighted by atomic mass is 9.96. The maximum Gasteiger partial charge on any atom is 0.256 e. The zero-order chi connectivity index (χ0) is 19.4. The second-order valence-corrected chi connectivity index (χ2v) is 7.83. The van der Waals surface area contributed by atoms with E-state index in [1.54, 1.807) is 12.1 Å². The monoisotopic (exact) mass is 404 g/mol. The predicted octanol–water partition coefficient (Wildman–Crippen LogP) is 5.20. The van der Waals surface area contributed by atoms with Crippen LogP contribution in [0, 0.1) is 11.3 Å². The third-order valence-corrected chi connectivity index (χ3v) is 5.94. The van der Waals surface area contributed by atoms with E-state index >= 15 is 0 Å². The summed E-state index contributed by atoms with van der Waals surface area (Å²) in [6, 6.07) is 5.41. The minimum Gasteiger partial charge on any atom is -0.493 e. The number of fused-ring (bicyclic) bond motifs is 1. The number of aryl methyl sites for hydroxylation is 1. The van der Waals surface area contributed by atoms with Gasteiger partial charge in [0.15, 0.2) is 11.5 Å². The molecule has 5 nitrogen and oxygen atoms in total. The third kappa shape index (κ3) is 4.05. The summed E-state index contributed by atoms with van der Waals surface area (Å²) in [7, 11) is 1.51. The number of nitrogens with one attached hydrogen (secondary N) is 1. The van der Waals surface area contributed by atoms with Gasteiger partial charge in [0.1, 0.15) is 11.1 Å². The molecule has 1 aromatic heterocycles. The molecule has 0 saturated carbocycles. The topological polar surface area (TPSA) is 71.3 Å². The Hall–Kier alpha value is -2.23. The molecule has 0 radical (unpaired) electrons. The summed E-state index contributed by atoms with van der Waals surface area (Å²) in [6.07, 6.45) is 4.90. The van der Waals surface area contributed by atoms with Gasteiger partial charge in [-0.2, -0.15) is 5.26 Å². The molecule has 7 heteroatoms. The summed E-state index contributed by atoms with van der Waals surface area (Å²) in [6.45, 7) is 2.50. The lowest BCUT2D eigenvalue weighted by Crippen LogP contribution is -2.12. The van der Waals surface area contributed by atoms with Gasteiger partial charge < -0.3 is 14.8 Å². The van der Waals surface area contributed by atoms with Crippen LogP contribution < -0.4 is 14.8 Å². The Labute approximate surface area is 167 Å². The molecule has 0 bridgehead atoms. The van der Waals surface area contributed by atoms with Gasteiger partial charge in [-0.15, -0.1) is 11.3 Å². The molecule has 1 aromatic carbocycles. The van der Waals surface area contributed by atoms with Gasteiger partial charge in [-0.25, -0.2) is 0 Å². The van der Waals surface area contributed by atoms with Gasteiger partial charge in [-0.3, -0.25) is 4.79 Å². The van der Waals surface area contributed by atoms with Crippen molar-refractivity contribution in [2.24, 2.45) is 0 Å². The van der Waals surface area contributed by atoms with E-state index in [0.29, 0.717) is 39.3 Å². The summed E-state index contributed by atoms with van der Waals surface area (Å²) >= 11 is 7.80. The lowest BCUT2D eigenvalue weighted by Gasteiger charge is -2.13. The molecule has 0 aliphatic heterocycles. The number of anilines is 1. The summed E-state index contributed by atoms with van der Waals surface area (Å²) in [5.74, 6) is 0.515. The second-order valence-electron chi connectivity index (χ2n) is 6.32. The van der Waals surface area contributed by atoms with Gasteiger partial charge in [-0.05, 0) is 49.8 Å². The Morgan fingerprint density at radius 3 is 2.85 bits per heavy atom. The number of benzene rings is 1. The maximum absolute atomic E-state index is 12.8. The number of carbonyl (C=O) groups excluding carboxylic acids is 1. The largest absolute Gasteiger partial charge is 0.493 e. The van der Waals surface area contributed by atoms with Gasteiger partial charge in [-0.1, -0.05) is 18.5 Å². The van der Waals surface area contributed by atoms with Gasteiger partial charge in [0.2, 0.25) is 0 Å². The average Bonchev–Trinajstić information content (AvgIpc) is 3.03. The second kappa shape index (κ2) is 8.64. The third-order valence-electron chi connectivity index (χ3n) is 4.45. The lowest BCUT2D eigenvalue weighted by molar-refractivity contribution is 0.102. The summed E-state index contributed by atoms with van der Waals surface area (Å²) in [4.78, 5) is 14.0. The van der Waals surface area contributed by atoms with E-state index in [1.807, 2.05) is 6.92 Å². The van der Waals surface area contributed by atoms with E-state index < -0.39 is 0 Å². The number of hydrogen-bond donors (Lipinski definition) is 1. The van der Waals surface area contributed by atoms with Crippen LogP contribution in [0.25, 0.3) is 0 Å². The Bertz CT molecular complexity index is 902. The molecule has 0 atom stereocenters. The Kier molecular flexibility index (Phi) is 6.25. The first kappa shape index (κ1) is 19.5. The number of nitrogens with zero attached hydrogens (tertiary/aromatic N) is 1. The molecule has 0 fully saturated rings. The fourth-order valence-corrected chi connectivity index (χ4v) is 4.64. The molecule has 0 spiro atoms. The minimum absolute atomic E-state index is 0.318. The molecule has 142 valence electrons. The zero-order valence-corrected chi connectivity index (χ0v) is 16.9. The van der Waals surface area contributed by atoms with Crippen LogP contribution in [-0.4, -0.2) is 19.6 Å². The summed E-state index contributed by atoms with van der Waals surface area (Å²) < 4.78 is 11.0. The Morgan fingerprint density at radius 2 is 2.15 bits per heavy atom. The maximum atomic E-state index is 12.8. The minimum atomic E-state index is -0.327. The van der Waals surface area contributed by atoms with Crippen LogP contribution in [-0.2, 0) is 12.8 Å². The first-order valence-corrected chi connectivity index (χ1v) is 10.1. The quantitative estimate of drug-likeness (QED) is 0.718. The van der Waals surface area contributed by atoms with Crippen LogP contribution in [0.3, 0.4) is 0 Å². The van der Waals surface area contributed by atoms with Crippen LogP contribution >= 0.6 is 22.9 Å². The molecule has 1 aliphatic rings. The highest BCUT2D eigenvalue weighted by Crippen LogP contribution is 2.39. The Balaban J connectivity index is 1.88. The van der Waals surface area contributed by atoms with Crippen molar-refractivity contribution in [3.8, 4) is 17.6 Å². The van der Waals surface area contributed by atoms with Crippen LogP contribution in [0.2, 0.25) is 5.02 Å². The molecule has 0 unspecified atom stereocenters. The fraction of sp³-hybridized carbons (Fsp3) is 0.400. The van der Waals surface area contributed by atoms with E-state index in [1.165, 1.54) is 23.3 Å². The molecule has 1 aliphatic carbocycles. The highest BCUT2D eigenvalue weighted by molar-refractivity contribution is 7.16. The van der Waals surface area contributed by atoms with Crippen molar-refractivity contribution in [1.29, 1.82) is 5.26 Å². The molecule has 1 N–H and O–H groups in total. The van der Waals surface area contributed by atoms with Crippen molar-refractivity contribution in [2.75, 3.05) is 19.0 Å². The molecule has 0 saturated heterocycles. The summed E-state index contributed by atoms with van der Waals surface area (Å²) in [5.41, 5.74) is 2.03. The van der Waals surface area contributed by atoms with Crippen molar-refractivity contribution < 1.29 is 14.3 Å². The molecule has 27 heavy (non-hydrogen) atoms. The number of thiophene rings is 1. The smallest absolute Gasteiger partial charge is 0.256 e. The zero-order valence-electron chi connectivity index (χ0n) is 15.4. The van der Waals surface area contributed by atoms with Crippen LogP contribution in [0.15, 0.2) is 12.1 Å². The van der Waals surface area contributed by atoms with Crippen LogP contribution in [0.1, 0.15) is 52.5 Å². The summed E-state index contributed by atoms with van der Waals surface area (Å²) in [5, 5.41) is 13.3. The van der Waals surface area contributed by atoms with Crippen molar-refractivity contribution in [3.05, 3.63) is 38.7 Å². The Morgan fingerprint density at radius 1 is 1.37 bits per heavy atom. The predicted molar refractivity (Wildman–Crippen MR) is 107 cm³/mol. The SMILES string of the molecule is CCCOc1c(Cl)cc(C(=O)Nc2sc3c(c2C#N)CCCC3)cc1OC. The number of hydrogen-bond acceptors (Lipinski definition) is 5. The fourth-order valence-electron chi connectivity index (χ4n) is 3.14. The number of amides is 1. The average molecular weight is 405 g/mol. The molecular formula is C20H21ClN2O3S. The molecule has 1 heterocycles. The standard InChI is InChI=1S/C20H21ClN2O3S/c1-3-8-26-18-15(21)9-12(10-16(18)25-2)19(24)23-20-14(11-22)13-6-4-5-7-17(13)27-20/h9-10H,3-8H2,1-2H3,(H,23,24). The van der Waals surface area contributed by atoms with E-state index in [2.05, 4.69) is 11.4 Å². The highest BCUT2D eigenvalue weighted by atomic mass is 35.5. The molecule has 2 aromatic rings. The first-order chi connectivity index (χ1) is 13.1. The number of rotatable bonds is 6. The van der Waals surface area contributed by atoms with Crippen molar-refractivity contribution in [2.45, 2.75) is 39.0 Å². The van der Waals surface area contributed by atoms with Gasteiger partial charge >= 0.3 is 0 Å². The molecule has 3 rings (SSSR count). The molecular weight excluding hydrogens is 384 g/mol. The number of carbonyl (C=O) groups is 1. The normalized spacial score (nSPS) is 12.8. The first-order valence-electron chi connectivity index (χ1n) is 8.95. The van der Waals surface area contributed by atoms with Gasteiger partial charge in [0.25, 0.3) is 5.91 Å². The van der Waals surface area contributed by atoms with Crippen LogP contribution in [0.5, 0.6) is 11.5 Å². The number of nitriles is 1. The van der Waals surface area contributed by atoms with E-state index in [-0.39, 0.29) is 5.91 Å². The van der Waals surface area contributed by atoms with Gasteiger partial charge in [0.05, 0.1) is 24.3 Å². The van der Waals surface area contributed by atoms with Crippen molar-refractivity contribution >= 4 is 33.8 Å². The number of ether oxygens (including phenoxy) is 2. The van der Waals surface area contributed by atoms with E-state index in [9.17, 15) is 10.1 Å². The van der Waals surface area contributed by atoms with Crippen LogP contribution in [0.4, 0.5) is 5.00 Å². The van der Waals surface area contributed by atoms with Gasteiger partial charge in [0, 0.05) is 10.4 Å². The van der Waals surface area contributed by atoms with Crippen molar-refractivity contribution in [3.63, 3.8) is 0 Å². The van der Waals surface area contributed by atoms with Crippen molar-refractivity contribution in [1.82, 2.24) is 0 Å².